The summed E-state index contributed by atoms with van der Waals surface area (Å²) in [5, 5.41) is 37.6. The maximum atomic E-state index is 9.74. The Morgan fingerprint density at radius 1 is 1.37 bits per heavy atom. The summed E-state index contributed by atoms with van der Waals surface area (Å²) in [4.78, 5) is 7.79. The summed E-state index contributed by atoms with van der Waals surface area (Å²) in [6.07, 6.45) is -3.24. The van der Waals surface area contributed by atoms with Crippen LogP contribution in [0.1, 0.15) is 5.56 Å². The number of aromatic nitrogens is 2. The SMILES string of the molecule is Cc1cnc(O[C@@H]2[C@@H](O)[C@@H](O)O[C@@H]2C(O)CO)nc1. The Hall–Kier alpha value is -1.32. The maximum Gasteiger partial charge on any atom is 0.316 e. The molecule has 1 aliphatic heterocycles. The largest absolute Gasteiger partial charge is 0.454 e. The van der Waals surface area contributed by atoms with Crippen LogP contribution in [-0.4, -0.2) is 67.7 Å². The molecule has 1 fully saturated rings. The smallest absolute Gasteiger partial charge is 0.316 e. The fourth-order valence-corrected chi connectivity index (χ4v) is 1.79. The second-order valence-corrected chi connectivity index (χ2v) is 4.36. The average Bonchev–Trinajstić information content (AvgIpc) is 2.68. The first-order valence-electron chi connectivity index (χ1n) is 5.78. The fraction of sp³-hybridized carbons (Fsp3) is 0.636. The number of rotatable bonds is 4. The third-order valence-corrected chi connectivity index (χ3v) is 2.81. The molecule has 1 aromatic heterocycles. The van der Waals surface area contributed by atoms with Crippen molar-refractivity contribution in [2.75, 3.05) is 6.61 Å². The van der Waals surface area contributed by atoms with E-state index in [1.54, 1.807) is 6.92 Å². The first kappa shape index (κ1) is 14.1. The first-order valence-corrected chi connectivity index (χ1v) is 5.78. The second-order valence-electron chi connectivity index (χ2n) is 4.36. The van der Waals surface area contributed by atoms with Crippen molar-refractivity contribution < 1.29 is 29.9 Å². The van der Waals surface area contributed by atoms with E-state index in [0.717, 1.165) is 5.56 Å². The summed E-state index contributed by atoms with van der Waals surface area (Å²) in [6, 6.07) is -0.0116. The van der Waals surface area contributed by atoms with Gasteiger partial charge < -0.3 is 29.9 Å². The molecule has 0 aliphatic carbocycles. The minimum Gasteiger partial charge on any atom is -0.454 e. The molecule has 0 aromatic carbocycles. The van der Waals surface area contributed by atoms with Crippen molar-refractivity contribution >= 4 is 0 Å². The van der Waals surface area contributed by atoms with Crippen LogP contribution in [-0.2, 0) is 4.74 Å². The van der Waals surface area contributed by atoms with Gasteiger partial charge in [-0.3, -0.25) is 0 Å². The number of hydrogen-bond donors (Lipinski definition) is 4. The van der Waals surface area contributed by atoms with Gasteiger partial charge in [0, 0.05) is 12.4 Å². The molecule has 0 saturated carbocycles. The molecule has 0 bridgehead atoms. The Morgan fingerprint density at radius 3 is 2.58 bits per heavy atom. The lowest BCUT2D eigenvalue weighted by Crippen LogP contribution is -2.44. The highest BCUT2D eigenvalue weighted by atomic mass is 16.7. The summed E-state index contributed by atoms with van der Waals surface area (Å²) in [5.41, 5.74) is 0.836. The van der Waals surface area contributed by atoms with Gasteiger partial charge in [0.05, 0.1) is 6.61 Å². The average molecular weight is 272 g/mol. The Balaban J connectivity index is 2.13. The molecule has 1 aliphatic rings. The van der Waals surface area contributed by atoms with E-state index < -0.39 is 37.3 Å². The Bertz CT molecular complexity index is 414. The molecule has 1 saturated heterocycles. The van der Waals surface area contributed by atoms with Crippen LogP contribution < -0.4 is 4.74 Å². The molecule has 1 unspecified atom stereocenters. The molecular weight excluding hydrogens is 256 g/mol. The van der Waals surface area contributed by atoms with Gasteiger partial charge in [-0.1, -0.05) is 0 Å². The lowest BCUT2D eigenvalue weighted by molar-refractivity contribution is -0.150. The Morgan fingerprint density at radius 2 is 2.00 bits per heavy atom. The van der Waals surface area contributed by atoms with Crippen LogP contribution in [0.3, 0.4) is 0 Å². The number of aliphatic hydroxyl groups excluding tert-OH is 4. The molecular formula is C11H16N2O6. The highest BCUT2D eigenvalue weighted by Gasteiger charge is 2.48. The van der Waals surface area contributed by atoms with Crippen molar-refractivity contribution in [2.45, 2.75) is 37.6 Å². The zero-order valence-corrected chi connectivity index (χ0v) is 10.2. The van der Waals surface area contributed by atoms with Crippen molar-refractivity contribution in [1.29, 1.82) is 0 Å². The molecule has 5 atom stereocenters. The monoisotopic (exact) mass is 272 g/mol. The number of aryl methyl sites for hydroxylation is 1. The summed E-state index contributed by atoms with van der Waals surface area (Å²) in [6.45, 7) is 1.22. The van der Waals surface area contributed by atoms with E-state index in [-0.39, 0.29) is 6.01 Å². The van der Waals surface area contributed by atoms with Crippen molar-refractivity contribution in [2.24, 2.45) is 0 Å². The van der Waals surface area contributed by atoms with Crippen molar-refractivity contribution in [1.82, 2.24) is 9.97 Å². The Kier molecular flexibility index (Phi) is 4.27. The highest BCUT2D eigenvalue weighted by molar-refractivity contribution is 5.06. The van der Waals surface area contributed by atoms with Gasteiger partial charge in [0.2, 0.25) is 0 Å². The Labute approximate surface area is 109 Å². The number of hydrogen-bond acceptors (Lipinski definition) is 8. The molecule has 2 rings (SSSR count). The van der Waals surface area contributed by atoms with Gasteiger partial charge in [-0.05, 0) is 12.5 Å². The van der Waals surface area contributed by atoms with Crippen LogP contribution in [0.25, 0.3) is 0 Å². The van der Waals surface area contributed by atoms with E-state index in [1.165, 1.54) is 12.4 Å². The van der Waals surface area contributed by atoms with Gasteiger partial charge in [-0.2, -0.15) is 0 Å². The minimum atomic E-state index is -1.50. The number of nitrogens with zero attached hydrogens (tertiary/aromatic N) is 2. The van der Waals surface area contributed by atoms with Crippen LogP contribution in [0, 0.1) is 6.92 Å². The van der Waals surface area contributed by atoms with E-state index in [9.17, 15) is 15.3 Å². The van der Waals surface area contributed by atoms with Crippen molar-refractivity contribution in [3.63, 3.8) is 0 Å². The van der Waals surface area contributed by atoms with Crippen LogP contribution in [0.5, 0.6) is 6.01 Å². The van der Waals surface area contributed by atoms with Crippen molar-refractivity contribution in [3.05, 3.63) is 18.0 Å². The van der Waals surface area contributed by atoms with E-state index in [0.29, 0.717) is 0 Å². The van der Waals surface area contributed by atoms with Crippen molar-refractivity contribution in [3.8, 4) is 6.01 Å². The number of aliphatic hydroxyl groups is 4. The normalized spacial score (nSPS) is 32.3. The second kappa shape index (κ2) is 5.76. The van der Waals surface area contributed by atoms with Gasteiger partial charge in [-0.15, -0.1) is 0 Å². The molecule has 106 valence electrons. The van der Waals surface area contributed by atoms with E-state index >= 15 is 0 Å². The lowest BCUT2D eigenvalue weighted by atomic mass is 10.1. The van der Waals surface area contributed by atoms with Crippen LogP contribution >= 0.6 is 0 Å². The molecule has 8 heteroatoms. The van der Waals surface area contributed by atoms with Crippen LogP contribution in [0.2, 0.25) is 0 Å². The number of ether oxygens (including phenoxy) is 2. The van der Waals surface area contributed by atoms with Gasteiger partial charge in [0.1, 0.15) is 18.3 Å². The molecule has 19 heavy (non-hydrogen) atoms. The quantitative estimate of drug-likeness (QED) is 0.494. The maximum absolute atomic E-state index is 9.74. The standard InChI is InChI=1S/C11H16N2O6/c1-5-2-12-11(13-3-5)19-9-7(16)10(17)18-8(9)6(15)4-14/h2-3,6-10,14-17H,4H2,1H3/t6?,7-,8-,9-,10+/m1/s1. The van der Waals surface area contributed by atoms with Gasteiger partial charge in [0.15, 0.2) is 12.4 Å². The molecule has 0 radical (unpaired) electrons. The summed E-state index contributed by atoms with van der Waals surface area (Å²) < 4.78 is 10.3. The molecule has 4 N–H and O–H groups in total. The van der Waals surface area contributed by atoms with Gasteiger partial charge in [-0.25, -0.2) is 9.97 Å². The molecule has 1 aromatic rings. The molecule has 8 nitrogen and oxygen atoms in total. The summed E-state index contributed by atoms with van der Waals surface area (Å²) in [7, 11) is 0. The van der Waals surface area contributed by atoms with E-state index in [4.69, 9.17) is 14.6 Å². The third kappa shape index (κ3) is 2.99. The summed E-state index contributed by atoms with van der Waals surface area (Å²) >= 11 is 0. The topological polar surface area (TPSA) is 125 Å². The molecule has 2 heterocycles. The van der Waals surface area contributed by atoms with Crippen LogP contribution in [0.15, 0.2) is 12.4 Å². The summed E-state index contributed by atoms with van der Waals surface area (Å²) in [5.74, 6) is 0. The highest BCUT2D eigenvalue weighted by Crippen LogP contribution is 2.25. The van der Waals surface area contributed by atoms with Gasteiger partial charge >= 0.3 is 6.01 Å². The van der Waals surface area contributed by atoms with Crippen LogP contribution in [0.4, 0.5) is 0 Å². The van der Waals surface area contributed by atoms with E-state index in [1.807, 2.05) is 0 Å². The predicted molar refractivity (Wildman–Crippen MR) is 61.2 cm³/mol. The third-order valence-electron chi connectivity index (χ3n) is 2.81. The minimum absolute atomic E-state index is 0.0116. The molecule has 0 spiro atoms. The lowest BCUT2D eigenvalue weighted by Gasteiger charge is -2.23. The zero-order valence-electron chi connectivity index (χ0n) is 10.2. The first-order chi connectivity index (χ1) is 9.02. The van der Waals surface area contributed by atoms with Gasteiger partial charge in [0.25, 0.3) is 0 Å². The fourth-order valence-electron chi connectivity index (χ4n) is 1.79. The predicted octanol–water partition coefficient (Wildman–Crippen LogP) is -2.04. The zero-order chi connectivity index (χ0) is 14.0. The molecule has 0 amide bonds. The van der Waals surface area contributed by atoms with E-state index in [2.05, 4.69) is 9.97 Å².